The Morgan fingerprint density at radius 2 is 1.91 bits per heavy atom. The maximum absolute atomic E-state index is 11.7. The zero-order valence-electron chi connectivity index (χ0n) is 19.7. The average Bonchev–Trinajstić information content (AvgIpc) is 3.71. The number of hydrogen-bond acceptors (Lipinski definition) is 7. The Labute approximate surface area is 210 Å². The first kappa shape index (κ1) is 25.9. The van der Waals surface area contributed by atoms with Gasteiger partial charge in [-0.2, -0.15) is 0 Å². The highest BCUT2D eigenvalue weighted by Crippen LogP contribution is 2.30. The maximum Gasteiger partial charge on any atom is 0.233 e. The number of carbonyl (C=O) groups is 1. The number of hydrogen-bond donors (Lipinski definition) is 2. The van der Waals surface area contributed by atoms with Crippen LogP contribution in [0.5, 0.6) is 5.88 Å². The van der Waals surface area contributed by atoms with Crippen LogP contribution in [-0.2, 0) is 4.79 Å². The van der Waals surface area contributed by atoms with Gasteiger partial charge in [-0.3, -0.25) is 9.52 Å². The third-order valence-corrected chi connectivity index (χ3v) is 6.61. The van der Waals surface area contributed by atoms with Crippen LogP contribution in [0.25, 0.3) is 0 Å². The molecule has 0 unspecified atom stereocenters. The Hall–Kier alpha value is -2.71. The fourth-order valence-electron chi connectivity index (χ4n) is 2.80. The van der Waals surface area contributed by atoms with E-state index in [4.69, 9.17) is 4.74 Å². The van der Waals surface area contributed by atoms with Gasteiger partial charge in [-0.15, -0.1) is 11.8 Å². The van der Waals surface area contributed by atoms with E-state index in [9.17, 15) is 4.79 Å². The number of carbonyl (C=O) groups excluding carboxylic acids is 1. The number of rotatable bonds is 11. The molecule has 2 aromatic heterocycles. The third kappa shape index (κ3) is 10.1. The molecular weight excluding hydrogens is 464 g/mol. The normalized spacial score (nSPS) is 12.3. The summed E-state index contributed by atoms with van der Waals surface area (Å²) in [5, 5.41) is 4.17. The molecule has 34 heavy (non-hydrogen) atoms. The molecule has 1 aliphatic carbocycles. The zero-order valence-corrected chi connectivity index (χ0v) is 21.3. The molecule has 2 N–H and O–H groups in total. The van der Waals surface area contributed by atoms with Crippen molar-refractivity contribution in [1.29, 1.82) is 0 Å². The van der Waals surface area contributed by atoms with Crippen molar-refractivity contribution in [3.05, 3.63) is 72.4 Å². The first-order valence-corrected chi connectivity index (χ1v) is 13.3. The highest BCUT2D eigenvalue weighted by molar-refractivity contribution is 7.99. The molecule has 1 aromatic carbocycles. The number of anilines is 1. The average molecular weight is 497 g/mol. The summed E-state index contributed by atoms with van der Waals surface area (Å²) in [6.45, 7) is 5.61. The van der Waals surface area contributed by atoms with E-state index in [1.165, 1.54) is 22.4 Å². The number of amides is 1. The van der Waals surface area contributed by atoms with Crippen molar-refractivity contribution in [1.82, 2.24) is 14.7 Å². The van der Waals surface area contributed by atoms with Gasteiger partial charge >= 0.3 is 0 Å². The summed E-state index contributed by atoms with van der Waals surface area (Å²) in [4.78, 5) is 21.4. The SMILES string of the molecule is CCOc1ccccn1.Cc1ccc(SCCCNc2cccc(SNC(=O)C3CC3)n2)cc1. The molecule has 3 aromatic rings. The van der Waals surface area contributed by atoms with Crippen molar-refractivity contribution in [2.45, 2.75) is 43.0 Å². The van der Waals surface area contributed by atoms with Crippen LogP contribution < -0.4 is 14.8 Å². The predicted molar refractivity (Wildman–Crippen MR) is 141 cm³/mol. The van der Waals surface area contributed by atoms with Gasteiger partial charge in [0.2, 0.25) is 11.8 Å². The molecule has 0 radical (unpaired) electrons. The predicted octanol–water partition coefficient (Wildman–Crippen LogP) is 6.00. The first-order valence-electron chi connectivity index (χ1n) is 11.5. The molecule has 4 rings (SSSR count). The Bertz CT molecular complexity index is 999. The minimum Gasteiger partial charge on any atom is -0.478 e. The highest BCUT2D eigenvalue weighted by atomic mass is 32.2. The van der Waals surface area contributed by atoms with Crippen molar-refractivity contribution in [3.63, 3.8) is 0 Å². The summed E-state index contributed by atoms with van der Waals surface area (Å²) in [6.07, 6.45) is 4.81. The molecule has 0 aliphatic heterocycles. The summed E-state index contributed by atoms with van der Waals surface area (Å²) in [6, 6.07) is 20.1. The monoisotopic (exact) mass is 496 g/mol. The van der Waals surface area contributed by atoms with Gasteiger partial charge in [-0.1, -0.05) is 29.8 Å². The minimum atomic E-state index is 0.123. The minimum absolute atomic E-state index is 0.123. The third-order valence-electron chi connectivity index (χ3n) is 4.77. The van der Waals surface area contributed by atoms with Gasteiger partial charge in [-0.25, -0.2) is 9.97 Å². The van der Waals surface area contributed by atoms with E-state index in [-0.39, 0.29) is 11.8 Å². The van der Waals surface area contributed by atoms with E-state index in [0.29, 0.717) is 12.5 Å². The summed E-state index contributed by atoms with van der Waals surface area (Å²) in [5.74, 6) is 2.96. The number of aromatic nitrogens is 2. The van der Waals surface area contributed by atoms with Gasteiger partial charge in [0, 0.05) is 41.6 Å². The lowest BCUT2D eigenvalue weighted by atomic mass is 10.2. The van der Waals surface area contributed by atoms with Crippen LogP contribution >= 0.6 is 23.7 Å². The fraction of sp³-hybridized carbons (Fsp3) is 0.346. The first-order chi connectivity index (χ1) is 16.6. The molecule has 1 amide bonds. The lowest BCUT2D eigenvalue weighted by Gasteiger charge is -2.08. The standard InChI is InChI=1S/C19H23N3OS2.C7H9NO/c1-14-6-10-16(11-7-14)24-13-3-12-20-17-4-2-5-18(21-17)25-22-19(23)15-8-9-15;1-2-9-7-5-3-4-6-8-7/h2,4-7,10-11,15H,3,8-9,12-13H2,1H3,(H,20,21)(H,22,23);3-6H,2H2,1H3. The summed E-state index contributed by atoms with van der Waals surface area (Å²) in [5.41, 5.74) is 1.29. The largest absolute Gasteiger partial charge is 0.478 e. The number of ether oxygens (including phenoxy) is 1. The Kier molecular flexibility index (Phi) is 11.1. The number of nitrogens with zero attached hydrogens (tertiary/aromatic N) is 2. The summed E-state index contributed by atoms with van der Waals surface area (Å²) < 4.78 is 7.97. The molecule has 0 bridgehead atoms. The number of benzene rings is 1. The van der Waals surface area contributed by atoms with E-state index in [0.717, 1.165) is 42.4 Å². The van der Waals surface area contributed by atoms with E-state index in [1.807, 2.05) is 55.1 Å². The van der Waals surface area contributed by atoms with Crippen molar-refractivity contribution < 1.29 is 9.53 Å². The van der Waals surface area contributed by atoms with Crippen molar-refractivity contribution >= 4 is 35.4 Å². The van der Waals surface area contributed by atoms with Crippen LogP contribution in [0.4, 0.5) is 5.82 Å². The number of aryl methyl sites for hydroxylation is 1. The lowest BCUT2D eigenvalue weighted by molar-refractivity contribution is -0.120. The molecular formula is C26H32N4O2S2. The quantitative estimate of drug-likeness (QED) is 0.192. The highest BCUT2D eigenvalue weighted by Gasteiger charge is 2.29. The second-order valence-corrected chi connectivity index (χ2v) is 9.74. The fourth-order valence-corrected chi connectivity index (χ4v) is 4.31. The Morgan fingerprint density at radius 3 is 2.62 bits per heavy atom. The van der Waals surface area contributed by atoms with Crippen LogP contribution in [0, 0.1) is 12.8 Å². The number of pyridine rings is 2. The van der Waals surface area contributed by atoms with Gasteiger partial charge in [0.1, 0.15) is 10.8 Å². The van der Waals surface area contributed by atoms with E-state index in [1.54, 1.807) is 6.20 Å². The van der Waals surface area contributed by atoms with Gasteiger partial charge in [-0.05, 0) is 69.2 Å². The van der Waals surface area contributed by atoms with Crippen molar-refractivity contribution in [2.75, 3.05) is 24.2 Å². The number of thioether (sulfide) groups is 1. The van der Waals surface area contributed by atoms with Crippen LogP contribution in [0.2, 0.25) is 0 Å². The molecule has 8 heteroatoms. The Morgan fingerprint density at radius 1 is 1.09 bits per heavy atom. The second-order valence-electron chi connectivity index (χ2n) is 7.75. The lowest BCUT2D eigenvalue weighted by Crippen LogP contribution is -2.17. The number of nitrogens with one attached hydrogen (secondary N) is 2. The zero-order chi connectivity index (χ0) is 24.0. The topological polar surface area (TPSA) is 76.1 Å². The van der Waals surface area contributed by atoms with Gasteiger partial charge in [0.05, 0.1) is 6.61 Å². The van der Waals surface area contributed by atoms with Crippen LogP contribution in [0.1, 0.15) is 31.7 Å². The molecule has 1 fully saturated rings. The molecule has 2 heterocycles. The van der Waals surface area contributed by atoms with E-state index >= 15 is 0 Å². The second kappa shape index (κ2) is 14.5. The Balaban J connectivity index is 0.000000302. The molecule has 0 saturated heterocycles. The molecule has 1 saturated carbocycles. The van der Waals surface area contributed by atoms with Crippen LogP contribution in [0.3, 0.4) is 0 Å². The van der Waals surface area contributed by atoms with E-state index < -0.39 is 0 Å². The summed E-state index contributed by atoms with van der Waals surface area (Å²) in [7, 11) is 0. The van der Waals surface area contributed by atoms with Crippen LogP contribution in [-0.4, -0.2) is 34.8 Å². The van der Waals surface area contributed by atoms with Gasteiger partial charge in [0.25, 0.3) is 0 Å². The van der Waals surface area contributed by atoms with Crippen LogP contribution in [0.15, 0.2) is 76.8 Å². The molecule has 0 spiro atoms. The molecule has 180 valence electrons. The van der Waals surface area contributed by atoms with Gasteiger partial charge < -0.3 is 10.1 Å². The van der Waals surface area contributed by atoms with Gasteiger partial charge in [0.15, 0.2) is 0 Å². The molecule has 0 atom stereocenters. The molecule has 1 aliphatic rings. The molecule has 6 nitrogen and oxygen atoms in total. The maximum atomic E-state index is 11.7. The smallest absolute Gasteiger partial charge is 0.233 e. The van der Waals surface area contributed by atoms with E-state index in [2.05, 4.69) is 51.2 Å². The summed E-state index contributed by atoms with van der Waals surface area (Å²) >= 11 is 3.17. The van der Waals surface area contributed by atoms with Crippen molar-refractivity contribution in [2.24, 2.45) is 5.92 Å². The van der Waals surface area contributed by atoms with Crippen molar-refractivity contribution in [3.8, 4) is 5.88 Å².